The van der Waals surface area contributed by atoms with E-state index >= 15 is 0 Å². The van der Waals surface area contributed by atoms with E-state index in [2.05, 4.69) is 4.40 Å². The van der Waals surface area contributed by atoms with Crippen LogP contribution in [0.1, 0.15) is 5.56 Å². The van der Waals surface area contributed by atoms with E-state index in [0.717, 1.165) is 15.6 Å². The highest BCUT2D eigenvalue weighted by molar-refractivity contribution is 7.90. The number of rotatable bonds is 2. The van der Waals surface area contributed by atoms with Gasteiger partial charge in [-0.05, 0) is 25.1 Å². The van der Waals surface area contributed by atoms with Gasteiger partial charge in [0, 0.05) is 10.1 Å². The first-order chi connectivity index (χ1) is 9.56. The molecule has 20 heavy (non-hydrogen) atoms. The van der Waals surface area contributed by atoms with E-state index in [1.807, 2.05) is 31.2 Å². The van der Waals surface area contributed by atoms with Crippen LogP contribution in [0.4, 0.5) is 0 Å². The topological polar surface area (TPSA) is 46.5 Å². The molecule has 1 aromatic heterocycles. The van der Waals surface area contributed by atoms with Crippen molar-refractivity contribution in [3.05, 3.63) is 58.8 Å². The Bertz CT molecular complexity index is 919. The van der Waals surface area contributed by atoms with Crippen LogP contribution in [0.3, 0.4) is 0 Å². The zero-order valence-corrected chi connectivity index (χ0v) is 13.1. The van der Waals surface area contributed by atoms with E-state index in [9.17, 15) is 8.42 Å². The molecule has 3 rings (SSSR count). The fourth-order valence-corrected chi connectivity index (χ4v) is 5.47. The Kier molecular flexibility index (Phi) is 3.45. The first kappa shape index (κ1) is 13.5. The molecule has 0 aliphatic rings. The van der Waals surface area contributed by atoms with Crippen molar-refractivity contribution in [3.8, 4) is 0 Å². The van der Waals surface area contributed by atoms with Crippen molar-refractivity contribution in [2.24, 2.45) is 4.40 Å². The molecule has 0 unspecified atom stereocenters. The summed E-state index contributed by atoms with van der Waals surface area (Å²) in [6, 6.07) is 14.4. The number of fused-ring (bicyclic) bond motifs is 1. The van der Waals surface area contributed by atoms with E-state index in [-0.39, 0.29) is 4.90 Å². The number of hydrogen-bond acceptors (Lipinski definition) is 4. The van der Waals surface area contributed by atoms with Crippen molar-refractivity contribution in [3.63, 3.8) is 0 Å². The van der Waals surface area contributed by atoms with Gasteiger partial charge in [0.15, 0.2) is 0 Å². The normalized spacial score (nSPS) is 12.9. The van der Waals surface area contributed by atoms with Gasteiger partial charge in [0.05, 0.1) is 4.90 Å². The fourth-order valence-electron chi connectivity index (χ4n) is 1.78. The second kappa shape index (κ2) is 5.12. The standard InChI is InChI=1S/C14H11NO2S3/c1-10-6-8-11(9-7-10)20(16,17)15-14-12-4-2-3-5-13(12)18-19-14/h2-9H,1H3. The van der Waals surface area contributed by atoms with Gasteiger partial charge in [0.2, 0.25) is 0 Å². The second-order valence-electron chi connectivity index (χ2n) is 4.35. The van der Waals surface area contributed by atoms with Gasteiger partial charge in [-0.2, -0.15) is 8.42 Å². The van der Waals surface area contributed by atoms with Crippen molar-refractivity contribution in [1.29, 1.82) is 0 Å². The average Bonchev–Trinajstić information content (AvgIpc) is 2.82. The average molecular weight is 321 g/mol. The van der Waals surface area contributed by atoms with Gasteiger partial charge in [0.1, 0.15) is 4.67 Å². The lowest BCUT2D eigenvalue weighted by Gasteiger charge is -1.98. The predicted molar refractivity (Wildman–Crippen MR) is 83.6 cm³/mol. The monoisotopic (exact) mass is 321 g/mol. The smallest absolute Gasteiger partial charge is 0.199 e. The van der Waals surface area contributed by atoms with Gasteiger partial charge in [-0.15, -0.1) is 4.40 Å². The minimum absolute atomic E-state index is 0.227. The quantitative estimate of drug-likeness (QED) is 0.678. The lowest BCUT2D eigenvalue weighted by Crippen LogP contribution is -2.04. The number of hydrogen-bond donors (Lipinski definition) is 0. The van der Waals surface area contributed by atoms with Crippen LogP contribution in [0.5, 0.6) is 0 Å². The summed E-state index contributed by atoms with van der Waals surface area (Å²) in [7, 11) is -0.730. The SMILES string of the molecule is Cc1ccc(S(=O)(=O)N=c2ssc3ccccc23)cc1. The third-order valence-electron chi connectivity index (χ3n) is 2.85. The van der Waals surface area contributed by atoms with Gasteiger partial charge in [-0.3, -0.25) is 0 Å². The molecule has 0 spiro atoms. The van der Waals surface area contributed by atoms with Gasteiger partial charge >= 0.3 is 0 Å². The molecule has 102 valence electrons. The molecule has 0 amide bonds. The van der Waals surface area contributed by atoms with Gasteiger partial charge in [0.25, 0.3) is 10.0 Å². The number of benzene rings is 2. The summed E-state index contributed by atoms with van der Waals surface area (Å²) in [6.07, 6.45) is 0. The molecule has 3 aromatic rings. The Morgan fingerprint density at radius 3 is 2.40 bits per heavy atom. The lowest BCUT2D eigenvalue weighted by molar-refractivity contribution is 0.597. The predicted octanol–water partition coefficient (Wildman–Crippen LogP) is 3.56. The third kappa shape index (κ3) is 2.54. The summed E-state index contributed by atoms with van der Waals surface area (Å²) < 4.78 is 30.2. The van der Waals surface area contributed by atoms with Crippen LogP contribution in [0.15, 0.2) is 57.8 Å². The molecule has 0 N–H and O–H groups in total. The first-order valence-corrected chi connectivity index (χ1v) is 9.51. The summed E-state index contributed by atoms with van der Waals surface area (Å²) in [6.45, 7) is 1.92. The number of aryl methyl sites for hydroxylation is 1. The molecule has 0 fully saturated rings. The minimum Gasteiger partial charge on any atom is -0.199 e. The summed E-state index contributed by atoms with van der Waals surface area (Å²) in [5.41, 5.74) is 1.02. The molecule has 2 aromatic carbocycles. The number of nitrogens with zero attached hydrogens (tertiary/aromatic N) is 1. The molecule has 0 saturated carbocycles. The largest absolute Gasteiger partial charge is 0.283 e. The van der Waals surface area contributed by atoms with E-state index < -0.39 is 10.0 Å². The van der Waals surface area contributed by atoms with Gasteiger partial charge < -0.3 is 0 Å². The van der Waals surface area contributed by atoms with Crippen LogP contribution >= 0.6 is 20.7 Å². The summed E-state index contributed by atoms with van der Waals surface area (Å²) in [4.78, 5) is 0.227. The van der Waals surface area contributed by atoms with Crippen molar-refractivity contribution < 1.29 is 8.42 Å². The van der Waals surface area contributed by atoms with Crippen LogP contribution in [-0.2, 0) is 10.0 Å². The fraction of sp³-hybridized carbons (Fsp3) is 0.0714. The Morgan fingerprint density at radius 1 is 0.950 bits per heavy atom. The highest BCUT2D eigenvalue weighted by Crippen LogP contribution is 2.21. The van der Waals surface area contributed by atoms with E-state index in [1.165, 1.54) is 20.7 Å². The highest BCUT2D eigenvalue weighted by atomic mass is 32.9. The summed E-state index contributed by atoms with van der Waals surface area (Å²) >= 11 is 0. The maximum Gasteiger partial charge on any atom is 0.283 e. The number of sulfonamides is 1. The molecule has 0 aliphatic heterocycles. The van der Waals surface area contributed by atoms with E-state index in [4.69, 9.17) is 0 Å². The Balaban J connectivity index is 2.17. The molecule has 3 nitrogen and oxygen atoms in total. The highest BCUT2D eigenvalue weighted by Gasteiger charge is 2.12. The van der Waals surface area contributed by atoms with Crippen molar-refractivity contribution in [2.75, 3.05) is 0 Å². The van der Waals surface area contributed by atoms with Crippen molar-refractivity contribution in [1.82, 2.24) is 0 Å². The zero-order chi connectivity index (χ0) is 14.2. The van der Waals surface area contributed by atoms with Gasteiger partial charge in [-0.1, -0.05) is 56.6 Å². The molecule has 0 bridgehead atoms. The maximum atomic E-state index is 12.3. The van der Waals surface area contributed by atoms with Crippen LogP contribution in [0, 0.1) is 6.92 Å². The first-order valence-electron chi connectivity index (χ1n) is 5.92. The summed E-state index contributed by atoms with van der Waals surface area (Å²) in [5.74, 6) is 0. The molecule has 0 aliphatic carbocycles. The Labute approximate surface area is 124 Å². The van der Waals surface area contributed by atoms with Crippen molar-refractivity contribution >= 4 is 40.8 Å². The van der Waals surface area contributed by atoms with Crippen LogP contribution in [0.25, 0.3) is 10.1 Å². The minimum atomic E-state index is -3.65. The third-order valence-corrected chi connectivity index (χ3v) is 6.61. The van der Waals surface area contributed by atoms with E-state index in [1.54, 1.807) is 24.3 Å². The van der Waals surface area contributed by atoms with Crippen LogP contribution < -0.4 is 4.67 Å². The van der Waals surface area contributed by atoms with E-state index in [0.29, 0.717) is 4.67 Å². The second-order valence-corrected chi connectivity index (χ2v) is 8.11. The zero-order valence-electron chi connectivity index (χ0n) is 10.6. The molecule has 0 saturated heterocycles. The molecule has 1 heterocycles. The van der Waals surface area contributed by atoms with Crippen LogP contribution in [-0.4, -0.2) is 8.42 Å². The molecular formula is C14H11NO2S3. The Hall–Kier alpha value is -1.50. The van der Waals surface area contributed by atoms with Crippen LogP contribution in [0.2, 0.25) is 0 Å². The molecular weight excluding hydrogens is 310 g/mol. The van der Waals surface area contributed by atoms with Gasteiger partial charge in [-0.25, -0.2) is 0 Å². The summed E-state index contributed by atoms with van der Waals surface area (Å²) in [5, 5.41) is 0.887. The molecule has 0 atom stereocenters. The lowest BCUT2D eigenvalue weighted by atomic mass is 10.2. The molecule has 0 radical (unpaired) electrons. The van der Waals surface area contributed by atoms with Crippen molar-refractivity contribution in [2.45, 2.75) is 11.8 Å². The maximum absolute atomic E-state index is 12.3. The Morgan fingerprint density at radius 2 is 1.65 bits per heavy atom. The molecule has 6 heteroatoms.